The fourth-order valence-electron chi connectivity index (χ4n) is 3.57. The van der Waals surface area contributed by atoms with Crippen LogP contribution in [0.4, 0.5) is 0 Å². The summed E-state index contributed by atoms with van der Waals surface area (Å²) in [5.74, 6) is -0.423. The van der Waals surface area contributed by atoms with Gasteiger partial charge in [0.25, 0.3) is 5.91 Å². The van der Waals surface area contributed by atoms with E-state index in [1.54, 1.807) is 31.6 Å². The molecular formula is C27H27N2NaO4S. The van der Waals surface area contributed by atoms with Crippen LogP contribution in [0.25, 0.3) is 23.3 Å². The first-order valence-electron chi connectivity index (χ1n) is 10.8. The van der Waals surface area contributed by atoms with Crippen molar-refractivity contribution in [2.75, 3.05) is 19.1 Å². The van der Waals surface area contributed by atoms with Gasteiger partial charge in [-0.1, -0.05) is 36.4 Å². The van der Waals surface area contributed by atoms with Crippen LogP contribution in [0.3, 0.4) is 0 Å². The number of carboxylic acids is 1. The number of aliphatic carboxylic acids is 1. The van der Waals surface area contributed by atoms with E-state index in [1.807, 2.05) is 61.7 Å². The van der Waals surface area contributed by atoms with Crippen LogP contribution in [0.2, 0.25) is 0 Å². The average Bonchev–Trinajstić information content (AvgIpc) is 2.85. The quantitative estimate of drug-likeness (QED) is 0.417. The van der Waals surface area contributed by atoms with E-state index in [-0.39, 0.29) is 29.6 Å². The summed E-state index contributed by atoms with van der Waals surface area (Å²) in [6.07, 6.45) is 9.38. The Morgan fingerprint density at radius 2 is 1.91 bits per heavy atom. The molecule has 0 radical (unpaired) electrons. The largest absolute Gasteiger partial charge is 1.00 e. The van der Waals surface area contributed by atoms with Gasteiger partial charge in [0.15, 0.2) is 0 Å². The van der Waals surface area contributed by atoms with Crippen molar-refractivity contribution in [2.24, 2.45) is 0 Å². The van der Waals surface area contributed by atoms with Crippen LogP contribution in [-0.4, -0.2) is 42.0 Å². The van der Waals surface area contributed by atoms with Crippen LogP contribution in [0.15, 0.2) is 60.9 Å². The number of carboxylic acid groups (broad SMARTS) is 1. The van der Waals surface area contributed by atoms with E-state index in [2.05, 4.69) is 10.3 Å². The third kappa shape index (κ3) is 7.70. The number of amides is 1. The minimum atomic E-state index is -1.29. The van der Waals surface area contributed by atoms with Gasteiger partial charge in [0.1, 0.15) is 5.75 Å². The predicted octanol–water partition coefficient (Wildman–Crippen LogP) is 0.841. The number of carbonyl (C=O) groups is 2. The van der Waals surface area contributed by atoms with E-state index < -0.39 is 17.9 Å². The molecule has 0 aliphatic rings. The molecule has 0 aliphatic heterocycles. The number of aryl methyl sites for hydroxylation is 1. The molecule has 3 aromatic rings. The van der Waals surface area contributed by atoms with Gasteiger partial charge in [0.2, 0.25) is 0 Å². The molecule has 0 fully saturated rings. The van der Waals surface area contributed by atoms with E-state index in [9.17, 15) is 14.7 Å². The molecule has 8 heteroatoms. The van der Waals surface area contributed by atoms with Crippen molar-refractivity contribution >= 4 is 35.8 Å². The summed E-state index contributed by atoms with van der Waals surface area (Å²) in [6, 6.07) is 14.0. The van der Waals surface area contributed by atoms with Crippen molar-refractivity contribution in [1.29, 1.82) is 0 Å². The number of carbonyl (C=O) groups excluding carboxylic acids is 2. The van der Waals surface area contributed by atoms with Crippen molar-refractivity contribution in [1.82, 2.24) is 10.3 Å². The van der Waals surface area contributed by atoms with Crippen LogP contribution in [0.1, 0.15) is 33.5 Å². The van der Waals surface area contributed by atoms with Crippen molar-refractivity contribution in [3.63, 3.8) is 0 Å². The molecule has 1 unspecified atom stereocenters. The van der Waals surface area contributed by atoms with Gasteiger partial charge in [-0.2, -0.15) is 11.8 Å². The number of rotatable bonds is 10. The van der Waals surface area contributed by atoms with E-state index >= 15 is 0 Å². The second kappa shape index (κ2) is 14.1. The monoisotopic (exact) mass is 498 g/mol. The molecule has 35 heavy (non-hydrogen) atoms. The predicted molar refractivity (Wildman–Crippen MR) is 136 cm³/mol. The maximum absolute atomic E-state index is 13.2. The number of aromatic nitrogens is 1. The molecular weight excluding hydrogens is 471 g/mol. The summed E-state index contributed by atoms with van der Waals surface area (Å²) >= 11 is 1.52. The van der Waals surface area contributed by atoms with Crippen LogP contribution < -0.4 is 44.7 Å². The van der Waals surface area contributed by atoms with Crippen molar-refractivity contribution in [2.45, 2.75) is 19.4 Å². The Morgan fingerprint density at radius 1 is 1.14 bits per heavy atom. The Hall–Kier alpha value is -2.58. The Bertz CT molecular complexity index is 1200. The second-order valence-corrected chi connectivity index (χ2v) is 8.68. The van der Waals surface area contributed by atoms with Gasteiger partial charge in [0, 0.05) is 23.5 Å². The number of ether oxygens (including phenoxy) is 1. The van der Waals surface area contributed by atoms with Gasteiger partial charge in [-0.15, -0.1) is 0 Å². The summed E-state index contributed by atoms with van der Waals surface area (Å²) in [6.45, 7) is 1.97. The average molecular weight is 499 g/mol. The van der Waals surface area contributed by atoms with E-state index in [0.717, 1.165) is 27.8 Å². The SMILES string of the molecule is COc1ccncc1/C=C/c1ccc(C(=O)NC(CCSC)C(=O)[O-])c(-c2ccccc2C)c1.[Na+]. The minimum absolute atomic E-state index is 0. The Labute approximate surface area is 232 Å². The van der Waals surface area contributed by atoms with Crippen LogP contribution >= 0.6 is 11.8 Å². The summed E-state index contributed by atoms with van der Waals surface area (Å²) in [7, 11) is 1.61. The molecule has 1 amide bonds. The summed E-state index contributed by atoms with van der Waals surface area (Å²) in [5.41, 5.74) is 4.73. The molecule has 3 rings (SSSR count). The number of nitrogens with zero attached hydrogens (tertiary/aromatic N) is 1. The molecule has 6 nitrogen and oxygen atoms in total. The number of pyridine rings is 1. The standard InChI is InChI=1S/C27H28N2O4S.Na/c1-18-6-4-5-7-21(18)23-16-19(8-10-20-17-28-14-12-25(20)33-2)9-11-22(23)26(30)29-24(27(31)32)13-15-34-3;/h4-12,14,16-17,24H,13,15H2,1-3H3,(H,29,30)(H,31,32);/q;+1/p-1/b10-8+;. The fraction of sp³-hybridized carbons (Fsp3) is 0.222. The van der Waals surface area contributed by atoms with Crippen LogP contribution in [-0.2, 0) is 4.79 Å². The molecule has 176 valence electrons. The number of benzene rings is 2. The number of methoxy groups -OCH3 is 1. The maximum atomic E-state index is 13.2. The van der Waals surface area contributed by atoms with E-state index in [1.165, 1.54) is 11.8 Å². The van der Waals surface area contributed by atoms with Crippen molar-refractivity contribution < 1.29 is 49.0 Å². The molecule has 2 aromatic carbocycles. The summed E-state index contributed by atoms with van der Waals surface area (Å²) in [4.78, 5) is 28.8. The van der Waals surface area contributed by atoms with Gasteiger partial charge in [0.05, 0.1) is 19.1 Å². The molecule has 1 N–H and O–H groups in total. The fourth-order valence-corrected chi connectivity index (χ4v) is 4.04. The van der Waals surface area contributed by atoms with E-state index in [0.29, 0.717) is 23.5 Å². The first-order valence-corrected chi connectivity index (χ1v) is 12.2. The van der Waals surface area contributed by atoms with Gasteiger partial charge in [-0.3, -0.25) is 9.78 Å². The van der Waals surface area contributed by atoms with Crippen LogP contribution in [0, 0.1) is 6.92 Å². The molecule has 1 atom stereocenters. The normalized spacial score (nSPS) is 11.5. The number of hydrogen-bond acceptors (Lipinski definition) is 6. The molecule has 0 spiro atoms. The van der Waals surface area contributed by atoms with Crippen molar-refractivity contribution in [3.8, 4) is 16.9 Å². The van der Waals surface area contributed by atoms with E-state index in [4.69, 9.17) is 4.74 Å². The molecule has 0 saturated heterocycles. The third-order valence-corrected chi connectivity index (χ3v) is 6.05. The van der Waals surface area contributed by atoms with Gasteiger partial charge in [-0.05, 0) is 71.9 Å². The molecule has 0 saturated carbocycles. The maximum Gasteiger partial charge on any atom is 1.00 e. The third-order valence-electron chi connectivity index (χ3n) is 5.41. The number of thioether (sulfide) groups is 1. The molecule has 0 bridgehead atoms. The summed E-state index contributed by atoms with van der Waals surface area (Å²) < 4.78 is 5.38. The number of nitrogens with one attached hydrogen (secondary N) is 1. The van der Waals surface area contributed by atoms with Crippen LogP contribution in [0.5, 0.6) is 5.75 Å². The van der Waals surface area contributed by atoms with Gasteiger partial charge in [-0.25, -0.2) is 0 Å². The minimum Gasteiger partial charge on any atom is -0.548 e. The Balaban J connectivity index is 0.00000432. The molecule has 0 aliphatic carbocycles. The topological polar surface area (TPSA) is 91.3 Å². The molecule has 1 aromatic heterocycles. The zero-order valence-electron chi connectivity index (χ0n) is 20.4. The Morgan fingerprint density at radius 3 is 2.60 bits per heavy atom. The van der Waals surface area contributed by atoms with Crippen molar-refractivity contribution in [3.05, 3.63) is 83.2 Å². The Kier molecular flexibility index (Phi) is 11.5. The first-order chi connectivity index (χ1) is 16.4. The second-order valence-electron chi connectivity index (χ2n) is 7.70. The van der Waals surface area contributed by atoms with Gasteiger partial charge >= 0.3 is 29.6 Å². The summed E-state index contributed by atoms with van der Waals surface area (Å²) in [5, 5.41) is 14.2. The molecule has 1 heterocycles. The number of hydrogen-bond donors (Lipinski definition) is 1. The zero-order valence-corrected chi connectivity index (χ0v) is 23.2. The smallest absolute Gasteiger partial charge is 0.548 e. The van der Waals surface area contributed by atoms with Gasteiger partial charge < -0.3 is 20.0 Å². The first kappa shape index (κ1) is 28.7. The zero-order chi connectivity index (χ0) is 24.5.